The minimum absolute atomic E-state index is 0.486. The normalized spacial score (nSPS) is 10.5. The van der Waals surface area contributed by atoms with Gasteiger partial charge in [-0.25, -0.2) is 0 Å². The molecule has 1 nitrogen and oxygen atoms in total. The summed E-state index contributed by atoms with van der Waals surface area (Å²) in [5.74, 6) is 0. The number of hydrogen-bond donors (Lipinski definition) is 0. The van der Waals surface area contributed by atoms with Gasteiger partial charge in [0.15, 0.2) is 0 Å². The van der Waals surface area contributed by atoms with Gasteiger partial charge < -0.3 is 4.42 Å². The van der Waals surface area contributed by atoms with Gasteiger partial charge in [-0.1, -0.05) is 34.8 Å². The SMILES string of the molecule is Clc1cc(Cl)c(-c2[c]coc2)c(Cl)c1. The number of hydrogen-bond acceptors (Lipinski definition) is 1. The van der Waals surface area contributed by atoms with E-state index in [0.29, 0.717) is 20.6 Å². The number of benzene rings is 1. The number of halogens is 3. The van der Waals surface area contributed by atoms with Gasteiger partial charge in [-0.15, -0.1) is 0 Å². The van der Waals surface area contributed by atoms with Crippen LogP contribution in [0.3, 0.4) is 0 Å². The van der Waals surface area contributed by atoms with Crippen molar-refractivity contribution in [2.75, 3.05) is 0 Å². The highest BCUT2D eigenvalue weighted by molar-refractivity contribution is 6.41. The van der Waals surface area contributed by atoms with Gasteiger partial charge in [-0.05, 0) is 12.1 Å². The Morgan fingerprint density at radius 2 is 1.71 bits per heavy atom. The second-order valence-electron chi connectivity index (χ2n) is 2.67. The molecule has 0 aliphatic carbocycles. The van der Waals surface area contributed by atoms with Gasteiger partial charge in [0.1, 0.15) is 0 Å². The van der Waals surface area contributed by atoms with Crippen LogP contribution in [0, 0.1) is 6.07 Å². The van der Waals surface area contributed by atoms with Gasteiger partial charge in [0.2, 0.25) is 0 Å². The molecule has 0 N–H and O–H groups in total. The van der Waals surface area contributed by atoms with Crippen LogP contribution in [0.25, 0.3) is 11.1 Å². The van der Waals surface area contributed by atoms with E-state index in [9.17, 15) is 0 Å². The van der Waals surface area contributed by atoms with E-state index in [1.54, 1.807) is 12.1 Å². The van der Waals surface area contributed by atoms with E-state index < -0.39 is 0 Å². The van der Waals surface area contributed by atoms with Crippen molar-refractivity contribution in [3.05, 3.63) is 45.8 Å². The Hall–Kier alpha value is -0.630. The van der Waals surface area contributed by atoms with Crippen LogP contribution in [0.15, 0.2) is 29.1 Å². The van der Waals surface area contributed by atoms with E-state index in [0.717, 1.165) is 5.56 Å². The first kappa shape index (κ1) is 9.91. The maximum Gasteiger partial charge on any atom is 0.0988 e. The molecule has 0 bridgehead atoms. The van der Waals surface area contributed by atoms with Gasteiger partial charge in [-0.3, -0.25) is 0 Å². The van der Waals surface area contributed by atoms with Crippen molar-refractivity contribution < 1.29 is 4.42 Å². The molecule has 14 heavy (non-hydrogen) atoms. The third kappa shape index (κ3) is 1.76. The van der Waals surface area contributed by atoms with Crippen LogP contribution >= 0.6 is 34.8 Å². The average molecular weight is 246 g/mol. The minimum Gasteiger partial charge on any atom is -0.471 e. The zero-order valence-corrected chi connectivity index (χ0v) is 9.12. The number of furan rings is 1. The van der Waals surface area contributed by atoms with E-state index in [-0.39, 0.29) is 0 Å². The molecule has 2 rings (SSSR count). The summed E-state index contributed by atoms with van der Waals surface area (Å²) >= 11 is 17.8. The minimum atomic E-state index is 0.486. The molecule has 0 aliphatic rings. The van der Waals surface area contributed by atoms with Crippen molar-refractivity contribution in [2.45, 2.75) is 0 Å². The van der Waals surface area contributed by atoms with Gasteiger partial charge in [0.25, 0.3) is 0 Å². The van der Waals surface area contributed by atoms with Gasteiger partial charge in [0, 0.05) is 22.2 Å². The second kappa shape index (κ2) is 3.85. The molecule has 1 heterocycles. The molecule has 2 aromatic rings. The smallest absolute Gasteiger partial charge is 0.0988 e. The maximum atomic E-state index is 6.00. The molecule has 71 valence electrons. The Balaban J connectivity index is 2.64. The fraction of sp³-hybridized carbons (Fsp3) is 0. The number of rotatable bonds is 1. The Kier molecular flexibility index (Phi) is 2.73. The van der Waals surface area contributed by atoms with Crippen molar-refractivity contribution in [1.29, 1.82) is 0 Å². The summed E-state index contributed by atoms with van der Waals surface area (Å²) in [6.45, 7) is 0. The predicted molar refractivity (Wildman–Crippen MR) is 58.0 cm³/mol. The van der Waals surface area contributed by atoms with Crippen molar-refractivity contribution >= 4 is 34.8 Å². The Morgan fingerprint density at radius 1 is 1.07 bits per heavy atom. The lowest BCUT2D eigenvalue weighted by atomic mass is 10.1. The summed E-state index contributed by atoms with van der Waals surface area (Å²) in [4.78, 5) is 0. The van der Waals surface area contributed by atoms with Crippen LogP contribution in [0.4, 0.5) is 0 Å². The van der Waals surface area contributed by atoms with Gasteiger partial charge >= 0.3 is 0 Å². The van der Waals surface area contributed by atoms with E-state index in [1.165, 1.54) is 12.5 Å². The van der Waals surface area contributed by atoms with Crippen LogP contribution in [0.1, 0.15) is 0 Å². The van der Waals surface area contributed by atoms with Crippen LogP contribution in [-0.4, -0.2) is 0 Å². The molecule has 0 amide bonds. The summed E-state index contributed by atoms with van der Waals surface area (Å²) < 4.78 is 4.90. The van der Waals surface area contributed by atoms with Crippen LogP contribution in [-0.2, 0) is 0 Å². The molecule has 0 atom stereocenters. The summed E-state index contributed by atoms with van der Waals surface area (Å²) in [5.41, 5.74) is 1.41. The topological polar surface area (TPSA) is 13.1 Å². The van der Waals surface area contributed by atoms with E-state index in [4.69, 9.17) is 39.2 Å². The highest BCUT2D eigenvalue weighted by atomic mass is 35.5. The van der Waals surface area contributed by atoms with E-state index in [2.05, 4.69) is 6.07 Å². The lowest BCUT2D eigenvalue weighted by Crippen LogP contribution is -1.79. The maximum absolute atomic E-state index is 6.00. The molecular formula is C10H4Cl3O. The molecule has 1 radical (unpaired) electrons. The Labute approximate surface area is 96.2 Å². The van der Waals surface area contributed by atoms with E-state index in [1.807, 2.05) is 0 Å². The predicted octanol–water partition coefficient (Wildman–Crippen LogP) is 4.71. The first-order valence-electron chi connectivity index (χ1n) is 3.77. The second-order valence-corrected chi connectivity index (χ2v) is 3.93. The van der Waals surface area contributed by atoms with Crippen molar-refractivity contribution in [3.63, 3.8) is 0 Å². The highest BCUT2D eigenvalue weighted by Gasteiger charge is 2.10. The molecular weight excluding hydrogens is 242 g/mol. The first-order valence-corrected chi connectivity index (χ1v) is 4.90. The largest absolute Gasteiger partial charge is 0.471 e. The molecule has 0 saturated heterocycles. The molecule has 0 unspecified atom stereocenters. The van der Waals surface area contributed by atoms with Crippen LogP contribution in [0.2, 0.25) is 15.1 Å². The van der Waals surface area contributed by atoms with E-state index >= 15 is 0 Å². The third-order valence-corrected chi connectivity index (χ3v) is 2.56. The van der Waals surface area contributed by atoms with Crippen LogP contribution < -0.4 is 0 Å². The molecule has 0 spiro atoms. The standard InChI is InChI=1S/C10H4Cl3O/c11-7-3-8(12)10(9(13)4-7)6-1-2-14-5-6/h2-5H. The van der Waals surface area contributed by atoms with Crippen molar-refractivity contribution in [2.24, 2.45) is 0 Å². The molecule has 1 aromatic heterocycles. The summed E-state index contributed by atoms with van der Waals surface area (Å²) in [5, 5.41) is 1.48. The third-order valence-electron chi connectivity index (χ3n) is 1.74. The summed E-state index contributed by atoms with van der Waals surface area (Å²) in [6.07, 6.45) is 2.97. The summed E-state index contributed by atoms with van der Waals surface area (Å²) in [7, 11) is 0. The molecule has 0 saturated carbocycles. The highest BCUT2D eigenvalue weighted by Crippen LogP contribution is 2.36. The lowest BCUT2D eigenvalue weighted by Gasteiger charge is -2.04. The Morgan fingerprint density at radius 3 is 2.21 bits per heavy atom. The van der Waals surface area contributed by atoms with Gasteiger partial charge in [-0.2, -0.15) is 0 Å². The Bertz CT molecular complexity index is 425. The van der Waals surface area contributed by atoms with Gasteiger partial charge in [0.05, 0.1) is 22.6 Å². The molecule has 1 aromatic carbocycles. The zero-order chi connectivity index (χ0) is 10.1. The zero-order valence-electron chi connectivity index (χ0n) is 6.85. The molecule has 4 heteroatoms. The van der Waals surface area contributed by atoms with Crippen LogP contribution in [0.5, 0.6) is 0 Å². The fourth-order valence-corrected chi connectivity index (χ4v) is 2.18. The fourth-order valence-electron chi connectivity index (χ4n) is 1.16. The van der Waals surface area contributed by atoms with Crippen molar-refractivity contribution in [3.8, 4) is 11.1 Å². The monoisotopic (exact) mass is 245 g/mol. The van der Waals surface area contributed by atoms with Crippen molar-refractivity contribution in [1.82, 2.24) is 0 Å². The molecule has 0 aliphatic heterocycles. The average Bonchev–Trinajstić information content (AvgIpc) is 2.54. The first-order chi connectivity index (χ1) is 6.68. The lowest BCUT2D eigenvalue weighted by molar-refractivity contribution is 0.567. The molecule has 0 fully saturated rings. The summed E-state index contributed by atoms with van der Waals surface area (Å²) in [6, 6.07) is 6.14. The quantitative estimate of drug-likeness (QED) is 0.710.